The van der Waals surface area contributed by atoms with E-state index in [0.29, 0.717) is 21.4 Å². The van der Waals surface area contributed by atoms with E-state index >= 15 is 0 Å². The molecule has 2 aromatic rings. The molecule has 32 heavy (non-hydrogen) atoms. The van der Waals surface area contributed by atoms with Crippen molar-refractivity contribution in [3.63, 3.8) is 0 Å². The molecule has 0 aliphatic carbocycles. The number of anilines is 2. The number of hydrogen-bond donors (Lipinski definition) is 1. The summed E-state index contributed by atoms with van der Waals surface area (Å²) >= 11 is 6.72. The van der Waals surface area contributed by atoms with Crippen LogP contribution in [-0.2, 0) is 9.59 Å². The van der Waals surface area contributed by atoms with Gasteiger partial charge in [-0.2, -0.15) is 0 Å². The summed E-state index contributed by atoms with van der Waals surface area (Å²) < 4.78 is 6.03. The Bertz CT molecular complexity index is 1030. The summed E-state index contributed by atoms with van der Waals surface area (Å²) in [6.07, 6.45) is 1.19. The Kier molecular flexibility index (Phi) is 7.93. The molecule has 1 fully saturated rings. The van der Waals surface area contributed by atoms with Gasteiger partial charge in [0.1, 0.15) is 5.75 Å². The number of carbonyl (C=O) groups is 2. The van der Waals surface area contributed by atoms with Crippen LogP contribution < -0.4 is 14.5 Å². The summed E-state index contributed by atoms with van der Waals surface area (Å²) in [4.78, 5) is 28.6. The summed E-state index contributed by atoms with van der Waals surface area (Å²) in [5, 5.41) is 9.20. The van der Waals surface area contributed by atoms with Crippen molar-refractivity contribution in [3.8, 4) is 5.75 Å². The maximum atomic E-state index is 13.1. The molecule has 1 heterocycles. The predicted octanol–water partition coefficient (Wildman–Crippen LogP) is 5.18. The van der Waals surface area contributed by atoms with E-state index in [1.54, 1.807) is 31.2 Å². The van der Waals surface area contributed by atoms with Gasteiger partial charge in [0.25, 0.3) is 5.91 Å². The van der Waals surface area contributed by atoms with E-state index in [4.69, 9.17) is 17.0 Å². The van der Waals surface area contributed by atoms with Gasteiger partial charge in [0, 0.05) is 18.8 Å². The second-order valence-corrected chi connectivity index (χ2v) is 8.81. The van der Waals surface area contributed by atoms with Crippen LogP contribution in [0.15, 0.2) is 53.4 Å². The highest BCUT2D eigenvalue weighted by Gasteiger charge is 2.33. The smallest absolute Gasteiger partial charge is 0.344 e. The van der Waals surface area contributed by atoms with E-state index in [2.05, 4.69) is 18.7 Å². The normalized spacial score (nSPS) is 15.8. The third-order valence-corrected chi connectivity index (χ3v) is 6.41. The molecule has 168 valence electrons. The molecule has 0 bridgehead atoms. The lowest BCUT2D eigenvalue weighted by molar-refractivity contribution is -0.145. The fourth-order valence-corrected chi connectivity index (χ4v) is 4.69. The number of nitrogens with zero attached hydrogens (tertiary/aromatic N) is 2. The third-order valence-electron chi connectivity index (χ3n) is 5.11. The zero-order valence-corrected chi connectivity index (χ0v) is 19.9. The van der Waals surface area contributed by atoms with E-state index in [-0.39, 0.29) is 5.91 Å². The molecule has 1 aliphatic rings. The Morgan fingerprint density at radius 3 is 2.47 bits per heavy atom. The van der Waals surface area contributed by atoms with E-state index in [0.717, 1.165) is 30.0 Å². The number of amides is 1. The molecule has 6 nitrogen and oxygen atoms in total. The molecule has 1 amide bonds. The van der Waals surface area contributed by atoms with Gasteiger partial charge in [0.05, 0.1) is 10.6 Å². The van der Waals surface area contributed by atoms with E-state index in [9.17, 15) is 14.7 Å². The van der Waals surface area contributed by atoms with Gasteiger partial charge < -0.3 is 14.7 Å². The molecule has 0 aromatic heterocycles. The Morgan fingerprint density at radius 2 is 1.88 bits per heavy atom. The fraction of sp³-hybridized carbons (Fsp3) is 0.292. The summed E-state index contributed by atoms with van der Waals surface area (Å²) in [6.45, 7) is 7.78. The largest absolute Gasteiger partial charge is 0.479 e. The standard InChI is InChI=1S/C24H26N2O4S2/c1-4-20(23(28)29)30-19-9-7-8-16(14-19)15-21-22(27)26(24(31)32-21)18-12-10-17(11-13-18)25(5-2)6-3/h7-15,20H,4-6H2,1-3H3,(H,28,29)/b21-15+. The molecule has 3 rings (SSSR count). The number of rotatable bonds is 9. The van der Waals surface area contributed by atoms with E-state index < -0.39 is 12.1 Å². The van der Waals surface area contributed by atoms with Crippen LogP contribution in [0, 0.1) is 0 Å². The molecule has 0 spiro atoms. The molecular weight excluding hydrogens is 444 g/mol. The SMILES string of the molecule is CCC(Oc1cccc(/C=C2/SC(=S)N(c3ccc(N(CC)CC)cc3)C2=O)c1)C(=O)O. The number of aliphatic carboxylic acids is 1. The molecule has 0 saturated carbocycles. The minimum atomic E-state index is -1.01. The first-order chi connectivity index (χ1) is 15.4. The van der Waals surface area contributed by atoms with Crippen molar-refractivity contribution in [1.82, 2.24) is 0 Å². The van der Waals surface area contributed by atoms with Crippen LogP contribution in [0.25, 0.3) is 6.08 Å². The van der Waals surface area contributed by atoms with Crippen LogP contribution in [-0.4, -0.2) is 40.5 Å². The van der Waals surface area contributed by atoms with Crippen molar-refractivity contribution in [2.45, 2.75) is 33.3 Å². The van der Waals surface area contributed by atoms with Crippen molar-refractivity contribution >= 4 is 57.6 Å². The summed E-state index contributed by atoms with van der Waals surface area (Å²) in [5.74, 6) is -0.750. The van der Waals surface area contributed by atoms with Crippen molar-refractivity contribution in [2.75, 3.05) is 22.9 Å². The van der Waals surface area contributed by atoms with Crippen LogP contribution in [0.3, 0.4) is 0 Å². The van der Waals surface area contributed by atoms with Crippen molar-refractivity contribution in [3.05, 3.63) is 59.0 Å². The lowest BCUT2D eigenvalue weighted by atomic mass is 10.2. The monoisotopic (exact) mass is 470 g/mol. The second-order valence-electron chi connectivity index (χ2n) is 7.13. The molecule has 2 aromatic carbocycles. The lowest BCUT2D eigenvalue weighted by Gasteiger charge is -2.22. The first-order valence-corrected chi connectivity index (χ1v) is 11.7. The highest BCUT2D eigenvalue weighted by molar-refractivity contribution is 8.27. The van der Waals surface area contributed by atoms with Gasteiger partial charge >= 0.3 is 5.97 Å². The number of carboxylic acids is 1. The topological polar surface area (TPSA) is 70.1 Å². The van der Waals surface area contributed by atoms with E-state index in [1.165, 1.54) is 16.7 Å². The van der Waals surface area contributed by atoms with Gasteiger partial charge in [-0.25, -0.2) is 4.79 Å². The molecule has 1 unspecified atom stereocenters. The minimum Gasteiger partial charge on any atom is -0.479 e. The average Bonchev–Trinajstić information content (AvgIpc) is 3.06. The maximum Gasteiger partial charge on any atom is 0.344 e. The maximum absolute atomic E-state index is 13.1. The second kappa shape index (κ2) is 10.7. The van der Waals surface area contributed by atoms with Gasteiger partial charge in [0.2, 0.25) is 0 Å². The van der Waals surface area contributed by atoms with E-state index in [1.807, 2.05) is 30.3 Å². The predicted molar refractivity (Wildman–Crippen MR) is 134 cm³/mol. The highest BCUT2D eigenvalue weighted by atomic mass is 32.2. The Labute approximate surface area is 197 Å². The summed E-state index contributed by atoms with van der Waals surface area (Å²) in [6, 6.07) is 14.8. The van der Waals surface area contributed by atoms with Gasteiger partial charge in [-0.1, -0.05) is 43.0 Å². The zero-order chi connectivity index (χ0) is 23.3. The van der Waals surface area contributed by atoms with Gasteiger partial charge in [-0.05, 0) is 68.3 Å². The molecule has 1 saturated heterocycles. The molecular formula is C24H26N2O4S2. The molecule has 8 heteroatoms. The molecule has 1 atom stereocenters. The Hall–Kier alpha value is -2.84. The fourth-order valence-electron chi connectivity index (χ4n) is 3.39. The number of thiocarbonyl (C=S) groups is 1. The van der Waals surface area contributed by atoms with Crippen LogP contribution in [0.4, 0.5) is 11.4 Å². The summed E-state index contributed by atoms with van der Waals surface area (Å²) in [7, 11) is 0. The first kappa shape index (κ1) is 23.8. The lowest BCUT2D eigenvalue weighted by Crippen LogP contribution is -2.27. The van der Waals surface area contributed by atoms with Crippen LogP contribution in [0.5, 0.6) is 5.75 Å². The number of ether oxygens (including phenoxy) is 1. The number of benzene rings is 2. The van der Waals surface area contributed by atoms with Gasteiger partial charge in [0.15, 0.2) is 10.4 Å². The number of carbonyl (C=O) groups excluding carboxylic acids is 1. The molecule has 0 radical (unpaired) electrons. The highest BCUT2D eigenvalue weighted by Crippen LogP contribution is 2.37. The molecule has 1 aliphatic heterocycles. The Balaban J connectivity index is 1.80. The van der Waals surface area contributed by atoms with Crippen molar-refractivity contribution in [2.24, 2.45) is 0 Å². The van der Waals surface area contributed by atoms with Crippen LogP contribution in [0.1, 0.15) is 32.8 Å². The minimum absolute atomic E-state index is 0.182. The number of carboxylic acid groups (broad SMARTS) is 1. The first-order valence-electron chi connectivity index (χ1n) is 10.5. The van der Waals surface area contributed by atoms with Crippen LogP contribution >= 0.6 is 24.0 Å². The number of hydrogen-bond acceptors (Lipinski definition) is 6. The Morgan fingerprint density at radius 1 is 1.19 bits per heavy atom. The zero-order valence-electron chi connectivity index (χ0n) is 18.3. The average molecular weight is 471 g/mol. The van der Waals surface area contributed by atoms with Crippen molar-refractivity contribution in [1.29, 1.82) is 0 Å². The van der Waals surface area contributed by atoms with Gasteiger partial charge in [-0.15, -0.1) is 0 Å². The summed E-state index contributed by atoms with van der Waals surface area (Å²) in [5.41, 5.74) is 2.57. The molecule has 1 N–H and O–H groups in total. The quantitative estimate of drug-likeness (QED) is 0.400. The number of thioether (sulfide) groups is 1. The van der Waals surface area contributed by atoms with Gasteiger partial charge in [-0.3, -0.25) is 9.69 Å². The van der Waals surface area contributed by atoms with Crippen LogP contribution in [0.2, 0.25) is 0 Å². The third kappa shape index (κ3) is 5.31. The van der Waals surface area contributed by atoms with Crippen molar-refractivity contribution < 1.29 is 19.4 Å².